The van der Waals surface area contributed by atoms with E-state index in [2.05, 4.69) is 19.2 Å². The quantitative estimate of drug-likeness (QED) is 0.641. The van der Waals surface area contributed by atoms with E-state index in [-0.39, 0.29) is 12.0 Å². The average molecular weight is 187 g/mol. The number of ether oxygens (including phenoxy) is 1. The number of nitrogens with one attached hydrogen (secondary N) is 1. The van der Waals surface area contributed by atoms with E-state index in [4.69, 9.17) is 4.74 Å². The van der Waals surface area contributed by atoms with Crippen LogP contribution in [0.25, 0.3) is 0 Å². The van der Waals surface area contributed by atoms with Crippen molar-refractivity contribution in [2.75, 3.05) is 13.7 Å². The second-order valence-electron chi connectivity index (χ2n) is 3.60. The summed E-state index contributed by atoms with van der Waals surface area (Å²) >= 11 is 0. The van der Waals surface area contributed by atoms with Crippen LogP contribution in [0.15, 0.2) is 0 Å². The molecule has 0 radical (unpaired) electrons. The summed E-state index contributed by atoms with van der Waals surface area (Å²) in [6, 6.07) is -0.127. The largest absolute Gasteiger partial charge is 0.468 e. The topological polar surface area (TPSA) is 38.3 Å². The van der Waals surface area contributed by atoms with Gasteiger partial charge >= 0.3 is 5.97 Å². The Kier molecular flexibility index (Phi) is 6.59. The summed E-state index contributed by atoms with van der Waals surface area (Å²) in [4.78, 5) is 11.2. The summed E-state index contributed by atoms with van der Waals surface area (Å²) in [5.74, 6) is 0.480. The van der Waals surface area contributed by atoms with Gasteiger partial charge in [0.05, 0.1) is 7.11 Å². The first-order valence-electron chi connectivity index (χ1n) is 4.93. The van der Waals surface area contributed by atoms with Crippen molar-refractivity contribution in [3.8, 4) is 0 Å². The molecule has 0 aromatic carbocycles. The van der Waals surface area contributed by atoms with Crippen LogP contribution in [0.4, 0.5) is 0 Å². The molecule has 0 aliphatic rings. The molecule has 0 aliphatic carbocycles. The van der Waals surface area contributed by atoms with Gasteiger partial charge in [-0.15, -0.1) is 0 Å². The highest BCUT2D eigenvalue weighted by Gasteiger charge is 2.17. The van der Waals surface area contributed by atoms with E-state index < -0.39 is 0 Å². The van der Waals surface area contributed by atoms with Crippen LogP contribution in [-0.2, 0) is 9.53 Å². The summed E-state index contributed by atoms with van der Waals surface area (Å²) in [6.07, 6.45) is 1.91. The molecule has 78 valence electrons. The third kappa shape index (κ3) is 5.64. The predicted octanol–water partition coefficient (Wildman–Crippen LogP) is 1.57. The molecule has 0 saturated heterocycles. The highest BCUT2D eigenvalue weighted by molar-refractivity contribution is 5.75. The average Bonchev–Trinajstić information content (AvgIpc) is 2.10. The molecule has 0 spiro atoms. The van der Waals surface area contributed by atoms with E-state index >= 15 is 0 Å². The first kappa shape index (κ1) is 12.4. The van der Waals surface area contributed by atoms with Crippen LogP contribution in [0.1, 0.15) is 33.6 Å². The Morgan fingerprint density at radius 3 is 2.38 bits per heavy atom. The number of hydrogen-bond acceptors (Lipinski definition) is 3. The SMILES string of the molecule is CCNC(CCC(C)C)C(=O)OC. The highest BCUT2D eigenvalue weighted by atomic mass is 16.5. The minimum Gasteiger partial charge on any atom is -0.468 e. The molecule has 13 heavy (non-hydrogen) atoms. The van der Waals surface area contributed by atoms with Gasteiger partial charge in [0, 0.05) is 0 Å². The normalized spacial score (nSPS) is 13.0. The van der Waals surface area contributed by atoms with Crippen molar-refractivity contribution in [3.05, 3.63) is 0 Å². The number of carbonyl (C=O) groups excluding carboxylic acids is 1. The van der Waals surface area contributed by atoms with Crippen molar-refractivity contribution in [1.82, 2.24) is 5.32 Å². The molecule has 1 N–H and O–H groups in total. The summed E-state index contributed by atoms with van der Waals surface area (Å²) in [6.45, 7) is 7.10. The maximum atomic E-state index is 11.2. The van der Waals surface area contributed by atoms with Gasteiger partial charge in [0.1, 0.15) is 6.04 Å². The van der Waals surface area contributed by atoms with Crippen LogP contribution in [0.3, 0.4) is 0 Å². The number of carbonyl (C=O) groups is 1. The summed E-state index contributed by atoms with van der Waals surface area (Å²) < 4.78 is 4.70. The third-order valence-corrected chi connectivity index (χ3v) is 1.97. The first-order valence-corrected chi connectivity index (χ1v) is 4.93. The molecule has 0 heterocycles. The van der Waals surface area contributed by atoms with E-state index in [0.717, 1.165) is 19.4 Å². The maximum Gasteiger partial charge on any atom is 0.322 e. The summed E-state index contributed by atoms with van der Waals surface area (Å²) in [7, 11) is 1.43. The van der Waals surface area contributed by atoms with Gasteiger partial charge in [0.25, 0.3) is 0 Å². The van der Waals surface area contributed by atoms with Crippen molar-refractivity contribution >= 4 is 5.97 Å². The molecule has 0 aromatic heterocycles. The molecule has 0 saturated carbocycles. The van der Waals surface area contributed by atoms with Gasteiger partial charge in [-0.05, 0) is 25.3 Å². The van der Waals surface area contributed by atoms with Crippen LogP contribution in [0, 0.1) is 5.92 Å². The molecule has 3 nitrogen and oxygen atoms in total. The van der Waals surface area contributed by atoms with E-state index in [0.29, 0.717) is 5.92 Å². The van der Waals surface area contributed by atoms with Crippen LogP contribution in [0.2, 0.25) is 0 Å². The number of esters is 1. The van der Waals surface area contributed by atoms with Crippen molar-refractivity contribution in [2.45, 2.75) is 39.7 Å². The first-order chi connectivity index (χ1) is 6.11. The molecule has 1 unspecified atom stereocenters. The van der Waals surface area contributed by atoms with E-state index in [9.17, 15) is 4.79 Å². The Bertz CT molecular complexity index is 146. The number of likely N-dealkylation sites (N-methyl/N-ethyl adjacent to an activating group) is 1. The fourth-order valence-corrected chi connectivity index (χ4v) is 1.19. The van der Waals surface area contributed by atoms with Gasteiger partial charge in [-0.1, -0.05) is 20.8 Å². The van der Waals surface area contributed by atoms with Gasteiger partial charge < -0.3 is 10.1 Å². The second kappa shape index (κ2) is 6.89. The summed E-state index contributed by atoms with van der Waals surface area (Å²) in [5.41, 5.74) is 0. The lowest BCUT2D eigenvalue weighted by atomic mass is 10.0. The molecule has 0 rings (SSSR count). The Morgan fingerprint density at radius 2 is 2.00 bits per heavy atom. The third-order valence-electron chi connectivity index (χ3n) is 1.97. The van der Waals surface area contributed by atoms with Crippen LogP contribution >= 0.6 is 0 Å². The van der Waals surface area contributed by atoms with Gasteiger partial charge in [0.15, 0.2) is 0 Å². The number of methoxy groups -OCH3 is 1. The minimum absolute atomic E-state index is 0.127. The molecular weight excluding hydrogens is 166 g/mol. The lowest BCUT2D eigenvalue weighted by Gasteiger charge is -2.16. The Hall–Kier alpha value is -0.570. The zero-order chi connectivity index (χ0) is 10.3. The predicted molar refractivity (Wildman–Crippen MR) is 53.6 cm³/mol. The van der Waals surface area contributed by atoms with Gasteiger partial charge in [-0.25, -0.2) is 0 Å². The van der Waals surface area contributed by atoms with Gasteiger partial charge in [-0.2, -0.15) is 0 Å². The zero-order valence-corrected chi connectivity index (χ0v) is 9.09. The molecule has 0 amide bonds. The molecule has 3 heteroatoms. The molecule has 1 atom stereocenters. The Balaban J connectivity index is 3.86. The van der Waals surface area contributed by atoms with E-state index in [1.54, 1.807) is 0 Å². The fraction of sp³-hybridized carbons (Fsp3) is 0.900. The zero-order valence-electron chi connectivity index (χ0n) is 9.09. The smallest absolute Gasteiger partial charge is 0.322 e. The van der Waals surface area contributed by atoms with Crippen molar-refractivity contribution < 1.29 is 9.53 Å². The lowest BCUT2D eigenvalue weighted by molar-refractivity contribution is -0.143. The molecule has 0 aromatic rings. The maximum absolute atomic E-state index is 11.2. The Morgan fingerprint density at radius 1 is 1.38 bits per heavy atom. The second-order valence-corrected chi connectivity index (χ2v) is 3.60. The Labute approximate surface area is 80.8 Å². The standard InChI is InChI=1S/C10H21NO2/c1-5-11-9(10(12)13-4)7-6-8(2)3/h8-9,11H,5-7H2,1-4H3. The monoisotopic (exact) mass is 187 g/mol. The van der Waals surface area contributed by atoms with Crippen LogP contribution in [-0.4, -0.2) is 25.7 Å². The van der Waals surface area contributed by atoms with Gasteiger partial charge in [-0.3, -0.25) is 4.79 Å². The fourth-order valence-electron chi connectivity index (χ4n) is 1.19. The number of rotatable bonds is 6. The van der Waals surface area contributed by atoms with Crippen LogP contribution < -0.4 is 5.32 Å². The minimum atomic E-state index is -0.150. The lowest BCUT2D eigenvalue weighted by Crippen LogP contribution is -2.37. The van der Waals surface area contributed by atoms with Gasteiger partial charge in [0.2, 0.25) is 0 Å². The molecular formula is C10H21NO2. The van der Waals surface area contributed by atoms with E-state index in [1.165, 1.54) is 7.11 Å². The van der Waals surface area contributed by atoms with Crippen molar-refractivity contribution in [2.24, 2.45) is 5.92 Å². The van der Waals surface area contributed by atoms with Crippen LogP contribution in [0.5, 0.6) is 0 Å². The molecule has 0 fully saturated rings. The van der Waals surface area contributed by atoms with Crippen molar-refractivity contribution in [1.29, 1.82) is 0 Å². The highest BCUT2D eigenvalue weighted by Crippen LogP contribution is 2.07. The molecule has 0 aliphatic heterocycles. The summed E-state index contributed by atoms with van der Waals surface area (Å²) in [5, 5.41) is 3.11. The van der Waals surface area contributed by atoms with E-state index in [1.807, 2.05) is 6.92 Å². The number of hydrogen-bond donors (Lipinski definition) is 1. The van der Waals surface area contributed by atoms with Crippen molar-refractivity contribution in [3.63, 3.8) is 0 Å². The molecule has 0 bridgehead atoms.